The molecule has 0 bridgehead atoms. The molecule has 1 unspecified atom stereocenters. The standard InChI is InChI=1S/C28H33N3O2S/c32-26-15-14-25(27(33)29-26)31-20-23-8-2-3-9-24(23)28(31)34-18-6-7-21-10-12-22(13-11-21)19-30-16-4-1-5-17-30/h2-3,8-13,20,25H,1,4-7,14-19H2,(H,29,32,33). The van der Waals surface area contributed by atoms with Crippen molar-refractivity contribution >= 4 is 34.3 Å². The summed E-state index contributed by atoms with van der Waals surface area (Å²) in [5, 5.41) is 5.95. The second-order valence-electron chi connectivity index (χ2n) is 9.50. The molecule has 3 aromatic rings. The number of likely N-dealkylation sites (tertiary alicyclic amines) is 1. The van der Waals surface area contributed by atoms with Gasteiger partial charge in [-0.2, -0.15) is 0 Å². The molecule has 0 saturated carbocycles. The first-order chi connectivity index (χ1) is 16.7. The normalized spacial score (nSPS) is 19.5. The molecule has 0 radical (unpaired) electrons. The number of rotatable bonds is 8. The molecular weight excluding hydrogens is 442 g/mol. The number of benzene rings is 2. The van der Waals surface area contributed by atoms with E-state index in [1.807, 2.05) is 23.9 Å². The van der Waals surface area contributed by atoms with E-state index in [2.05, 4.69) is 57.4 Å². The van der Waals surface area contributed by atoms with Crippen LogP contribution in [0.25, 0.3) is 10.8 Å². The van der Waals surface area contributed by atoms with Gasteiger partial charge in [-0.05, 0) is 62.1 Å². The van der Waals surface area contributed by atoms with Crippen LogP contribution in [0, 0.1) is 0 Å². The fraction of sp³-hybridized carbons (Fsp3) is 0.429. The lowest BCUT2D eigenvalue weighted by Crippen LogP contribution is -2.41. The number of aromatic nitrogens is 1. The number of piperidine rings is 2. The van der Waals surface area contributed by atoms with E-state index in [1.165, 1.54) is 48.9 Å². The van der Waals surface area contributed by atoms with Gasteiger partial charge in [-0.1, -0.05) is 55.0 Å². The van der Waals surface area contributed by atoms with Gasteiger partial charge < -0.3 is 4.57 Å². The molecule has 2 fully saturated rings. The van der Waals surface area contributed by atoms with Crippen LogP contribution in [-0.2, 0) is 22.6 Å². The molecule has 34 heavy (non-hydrogen) atoms. The molecule has 0 spiro atoms. The fourth-order valence-corrected chi connectivity index (χ4v) is 6.27. The van der Waals surface area contributed by atoms with E-state index in [9.17, 15) is 9.59 Å². The average Bonchev–Trinajstić information content (AvgIpc) is 3.22. The minimum Gasteiger partial charge on any atom is -0.329 e. The van der Waals surface area contributed by atoms with Gasteiger partial charge in [0.1, 0.15) is 6.04 Å². The van der Waals surface area contributed by atoms with Gasteiger partial charge in [0, 0.05) is 29.9 Å². The number of nitrogens with one attached hydrogen (secondary N) is 1. The zero-order valence-corrected chi connectivity index (χ0v) is 20.5. The largest absolute Gasteiger partial charge is 0.329 e. The third kappa shape index (κ3) is 5.39. The molecule has 2 saturated heterocycles. The maximum Gasteiger partial charge on any atom is 0.249 e. The Hall–Kier alpha value is -2.57. The van der Waals surface area contributed by atoms with Gasteiger partial charge in [0.25, 0.3) is 0 Å². The van der Waals surface area contributed by atoms with Crippen LogP contribution in [0.3, 0.4) is 0 Å². The molecule has 2 amide bonds. The van der Waals surface area contributed by atoms with Crippen molar-refractivity contribution in [3.8, 4) is 0 Å². The Bertz CT molecular complexity index is 1150. The van der Waals surface area contributed by atoms with E-state index < -0.39 is 0 Å². The number of carbonyl (C=O) groups is 2. The van der Waals surface area contributed by atoms with Crippen LogP contribution >= 0.6 is 11.8 Å². The van der Waals surface area contributed by atoms with E-state index in [0.717, 1.165) is 35.6 Å². The van der Waals surface area contributed by atoms with Gasteiger partial charge in [-0.25, -0.2) is 0 Å². The predicted octanol–water partition coefficient (Wildman–Crippen LogP) is 5.33. The summed E-state index contributed by atoms with van der Waals surface area (Å²) in [6.45, 7) is 3.53. The minimum atomic E-state index is -0.319. The van der Waals surface area contributed by atoms with Crippen LogP contribution in [0.15, 0.2) is 59.8 Å². The third-order valence-electron chi connectivity index (χ3n) is 6.98. The van der Waals surface area contributed by atoms with Crippen molar-refractivity contribution in [1.29, 1.82) is 0 Å². The molecule has 0 aliphatic carbocycles. The summed E-state index contributed by atoms with van der Waals surface area (Å²) in [7, 11) is 0. The number of thioether (sulfide) groups is 1. The Morgan fingerprint density at radius 1 is 0.941 bits per heavy atom. The summed E-state index contributed by atoms with van der Waals surface area (Å²) in [4.78, 5) is 26.7. The van der Waals surface area contributed by atoms with Gasteiger partial charge in [-0.3, -0.25) is 19.8 Å². The van der Waals surface area contributed by atoms with Gasteiger partial charge in [-0.15, -0.1) is 11.8 Å². The summed E-state index contributed by atoms with van der Waals surface area (Å²) in [5.41, 5.74) is 2.79. The molecular formula is C28H33N3O2S. The topological polar surface area (TPSA) is 54.3 Å². The summed E-state index contributed by atoms with van der Waals surface area (Å²) >= 11 is 1.82. The van der Waals surface area contributed by atoms with Crippen LogP contribution in [0.4, 0.5) is 0 Å². The van der Waals surface area contributed by atoms with Crippen molar-refractivity contribution in [2.24, 2.45) is 0 Å². The second kappa shape index (κ2) is 10.8. The monoisotopic (exact) mass is 475 g/mol. The lowest BCUT2D eigenvalue weighted by Gasteiger charge is -2.26. The van der Waals surface area contributed by atoms with Crippen LogP contribution in [0.2, 0.25) is 0 Å². The summed E-state index contributed by atoms with van der Waals surface area (Å²) < 4.78 is 2.09. The maximum absolute atomic E-state index is 12.5. The molecule has 2 aliphatic heterocycles. The average molecular weight is 476 g/mol. The molecule has 2 aliphatic rings. The summed E-state index contributed by atoms with van der Waals surface area (Å²) in [6, 6.07) is 17.1. The molecule has 1 atom stereocenters. The van der Waals surface area contributed by atoms with E-state index in [0.29, 0.717) is 12.8 Å². The second-order valence-corrected chi connectivity index (χ2v) is 10.6. The lowest BCUT2D eigenvalue weighted by molar-refractivity contribution is -0.135. The van der Waals surface area contributed by atoms with Crippen LogP contribution in [-0.4, -0.2) is 40.1 Å². The molecule has 1 N–H and O–H groups in total. The summed E-state index contributed by atoms with van der Waals surface area (Å²) in [6.07, 6.45) is 9.18. The number of imide groups is 1. The third-order valence-corrected chi connectivity index (χ3v) is 8.17. The number of amides is 2. The quantitative estimate of drug-likeness (QED) is 0.272. The zero-order chi connectivity index (χ0) is 23.3. The van der Waals surface area contributed by atoms with E-state index >= 15 is 0 Å². The highest BCUT2D eigenvalue weighted by molar-refractivity contribution is 7.99. The smallest absolute Gasteiger partial charge is 0.249 e. The first kappa shape index (κ1) is 23.2. The number of carbonyl (C=O) groups excluding carboxylic acids is 2. The van der Waals surface area contributed by atoms with Crippen LogP contribution < -0.4 is 5.32 Å². The highest BCUT2D eigenvalue weighted by atomic mass is 32.2. The van der Waals surface area contributed by atoms with Crippen molar-refractivity contribution in [2.45, 2.75) is 62.6 Å². The molecule has 5 nitrogen and oxygen atoms in total. The molecule has 5 rings (SSSR count). The molecule has 2 aromatic carbocycles. The molecule has 178 valence electrons. The van der Waals surface area contributed by atoms with Crippen LogP contribution in [0.5, 0.6) is 0 Å². The van der Waals surface area contributed by atoms with Crippen molar-refractivity contribution in [3.63, 3.8) is 0 Å². The Kier molecular flexibility index (Phi) is 7.36. The van der Waals surface area contributed by atoms with Gasteiger partial charge in [0.15, 0.2) is 0 Å². The van der Waals surface area contributed by atoms with Gasteiger partial charge in [0.05, 0.1) is 5.03 Å². The van der Waals surface area contributed by atoms with Crippen molar-refractivity contribution in [2.75, 3.05) is 18.8 Å². The van der Waals surface area contributed by atoms with Crippen molar-refractivity contribution in [1.82, 2.24) is 14.8 Å². The SMILES string of the molecule is O=C1CCC(n2cc3ccccc3c2SCCCc2ccc(CN3CCCCC3)cc2)C(=O)N1. The van der Waals surface area contributed by atoms with Gasteiger partial charge in [0.2, 0.25) is 11.8 Å². The number of hydrogen-bond donors (Lipinski definition) is 1. The first-order valence-corrected chi connectivity index (χ1v) is 13.5. The highest BCUT2D eigenvalue weighted by Crippen LogP contribution is 2.35. The molecule has 3 heterocycles. The Labute approximate surface area is 205 Å². The minimum absolute atomic E-state index is 0.172. The van der Waals surface area contributed by atoms with E-state index in [4.69, 9.17) is 0 Å². The zero-order valence-electron chi connectivity index (χ0n) is 19.7. The number of hydrogen-bond acceptors (Lipinski definition) is 4. The predicted molar refractivity (Wildman–Crippen MR) is 138 cm³/mol. The molecule has 6 heteroatoms. The molecule has 1 aromatic heterocycles. The number of fused-ring (bicyclic) bond motifs is 1. The summed E-state index contributed by atoms with van der Waals surface area (Å²) in [5.74, 6) is 0.619. The Balaban J connectivity index is 1.20. The van der Waals surface area contributed by atoms with E-state index in [1.54, 1.807) is 0 Å². The van der Waals surface area contributed by atoms with E-state index in [-0.39, 0.29) is 17.9 Å². The van der Waals surface area contributed by atoms with Crippen LogP contribution in [0.1, 0.15) is 55.7 Å². The maximum atomic E-state index is 12.5. The Morgan fingerprint density at radius 3 is 2.50 bits per heavy atom. The van der Waals surface area contributed by atoms with Gasteiger partial charge >= 0.3 is 0 Å². The Morgan fingerprint density at radius 2 is 1.71 bits per heavy atom. The van der Waals surface area contributed by atoms with Crippen molar-refractivity contribution < 1.29 is 9.59 Å². The first-order valence-electron chi connectivity index (χ1n) is 12.5. The number of aryl methyl sites for hydroxylation is 1. The van der Waals surface area contributed by atoms with Crippen molar-refractivity contribution in [3.05, 3.63) is 65.9 Å². The lowest BCUT2D eigenvalue weighted by atomic mass is 10.1. The highest BCUT2D eigenvalue weighted by Gasteiger charge is 2.30. The fourth-order valence-electron chi connectivity index (χ4n) is 5.12. The number of nitrogens with zero attached hydrogens (tertiary/aromatic N) is 2.